The molecule has 0 aliphatic carbocycles. The van der Waals surface area contributed by atoms with Crippen molar-refractivity contribution < 1.29 is 30.8 Å². The maximum atomic E-state index is 11.9. The number of nitrogens with one attached hydrogen (secondary N) is 1. The molecule has 0 saturated carbocycles. The van der Waals surface area contributed by atoms with Gasteiger partial charge in [-0.1, -0.05) is 0 Å². The van der Waals surface area contributed by atoms with E-state index in [2.05, 4.69) is 0 Å². The third kappa shape index (κ3) is 4.58. The Labute approximate surface area is 107 Å². The van der Waals surface area contributed by atoms with E-state index in [1.165, 1.54) is 19.9 Å². The first-order valence-corrected chi connectivity index (χ1v) is 6.69. The molecule has 5 nitrogen and oxygen atoms in total. The first-order valence-electron chi connectivity index (χ1n) is 5.21. The van der Waals surface area contributed by atoms with E-state index in [0.29, 0.717) is 5.76 Å². The van der Waals surface area contributed by atoms with Gasteiger partial charge in [0.2, 0.25) is 5.91 Å². The fourth-order valence-corrected chi connectivity index (χ4v) is 2.64. The summed E-state index contributed by atoms with van der Waals surface area (Å²) in [7, 11) is -4.20. The van der Waals surface area contributed by atoms with Crippen molar-refractivity contribution in [1.29, 1.82) is 0 Å². The number of furan rings is 1. The number of aryl methyl sites for hydroxylation is 2. The molecule has 1 heterocycles. The van der Waals surface area contributed by atoms with Crippen LogP contribution in [0.1, 0.15) is 24.4 Å². The average molecular weight is 299 g/mol. The van der Waals surface area contributed by atoms with Crippen molar-refractivity contribution in [3.8, 4) is 0 Å². The molecule has 1 rings (SSSR count). The molecule has 0 aliphatic heterocycles. The van der Waals surface area contributed by atoms with Crippen molar-refractivity contribution in [3.05, 3.63) is 17.6 Å². The molecule has 0 atom stereocenters. The Morgan fingerprint density at radius 1 is 1.37 bits per heavy atom. The molecule has 0 aliphatic rings. The third-order valence-electron chi connectivity index (χ3n) is 2.17. The SMILES string of the molecule is Cc1cc(S(=O)(=O)NC(=O)CCC(F)(F)F)c(C)o1. The van der Waals surface area contributed by atoms with Gasteiger partial charge in [0.1, 0.15) is 16.4 Å². The van der Waals surface area contributed by atoms with Gasteiger partial charge in [-0.2, -0.15) is 13.2 Å². The summed E-state index contributed by atoms with van der Waals surface area (Å²) in [4.78, 5) is 10.9. The van der Waals surface area contributed by atoms with Crippen LogP contribution in [0, 0.1) is 13.8 Å². The molecule has 1 aromatic rings. The molecule has 0 bridgehead atoms. The van der Waals surface area contributed by atoms with Crippen LogP contribution in [0.25, 0.3) is 0 Å². The number of carbonyl (C=O) groups excluding carboxylic acids is 1. The highest BCUT2D eigenvalue weighted by Gasteiger charge is 2.29. The lowest BCUT2D eigenvalue weighted by Crippen LogP contribution is -2.31. The Hall–Kier alpha value is -1.51. The lowest BCUT2D eigenvalue weighted by Gasteiger charge is -2.07. The van der Waals surface area contributed by atoms with Crippen LogP contribution in [-0.2, 0) is 14.8 Å². The predicted molar refractivity (Wildman–Crippen MR) is 58.8 cm³/mol. The monoisotopic (exact) mass is 299 g/mol. The molecular formula is C10H12F3NO4S. The number of amides is 1. The number of halogens is 3. The topological polar surface area (TPSA) is 76.4 Å². The van der Waals surface area contributed by atoms with Gasteiger partial charge in [0, 0.05) is 12.5 Å². The van der Waals surface area contributed by atoms with Crippen molar-refractivity contribution in [3.63, 3.8) is 0 Å². The van der Waals surface area contributed by atoms with E-state index in [0.717, 1.165) is 0 Å². The van der Waals surface area contributed by atoms with E-state index in [4.69, 9.17) is 4.42 Å². The molecule has 0 unspecified atom stereocenters. The van der Waals surface area contributed by atoms with Gasteiger partial charge in [-0.15, -0.1) is 0 Å². The van der Waals surface area contributed by atoms with E-state index in [-0.39, 0.29) is 10.7 Å². The number of hydrogen-bond donors (Lipinski definition) is 1. The van der Waals surface area contributed by atoms with Crippen molar-refractivity contribution in [2.75, 3.05) is 0 Å². The van der Waals surface area contributed by atoms with Crippen molar-refractivity contribution >= 4 is 15.9 Å². The van der Waals surface area contributed by atoms with Gasteiger partial charge in [-0.3, -0.25) is 4.79 Å². The summed E-state index contributed by atoms with van der Waals surface area (Å²) in [6, 6.07) is 1.19. The largest absolute Gasteiger partial charge is 0.465 e. The van der Waals surface area contributed by atoms with Crippen molar-refractivity contribution in [2.45, 2.75) is 37.8 Å². The first kappa shape index (κ1) is 15.5. The lowest BCUT2D eigenvalue weighted by atomic mass is 10.3. The Morgan fingerprint density at radius 3 is 2.37 bits per heavy atom. The van der Waals surface area contributed by atoms with Crippen LogP contribution >= 0.6 is 0 Å². The van der Waals surface area contributed by atoms with Crippen LogP contribution < -0.4 is 4.72 Å². The summed E-state index contributed by atoms with van der Waals surface area (Å²) in [5, 5.41) is 0. The second-order valence-corrected chi connectivity index (χ2v) is 5.57. The molecule has 0 fully saturated rings. The highest BCUT2D eigenvalue weighted by atomic mass is 32.2. The van der Waals surface area contributed by atoms with Crippen LogP contribution in [0.15, 0.2) is 15.4 Å². The van der Waals surface area contributed by atoms with Gasteiger partial charge in [0.25, 0.3) is 10.0 Å². The summed E-state index contributed by atoms with van der Waals surface area (Å²) in [5.41, 5.74) is 0. The standard InChI is InChI=1S/C10H12F3NO4S/c1-6-5-8(7(2)18-6)19(16,17)14-9(15)3-4-10(11,12)13/h5H,3-4H2,1-2H3,(H,14,15). The molecule has 19 heavy (non-hydrogen) atoms. The minimum atomic E-state index is -4.51. The van der Waals surface area contributed by atoms with E-state index in [1.54, 1.807) is 4.72 Å². The molecular weight excluding hydrogens is 287 g/mol. The number of alkyl halides is 3. The zero-order valence-electron chi connectivity index (χ0n) is 10.2. The minimum absolute atomic E-state index is 0.0635. The van der Waals surface area contributed by atoms with Gasteiger partial charge in [-0.05, 0) is 13.8 Å². The Morgan fingerprint density at radius 2 is 1.95 bits per heavy atom. The smallest absolute Gasteiger partial charge is 0.389 e. The Bertz CT molecular complexity index is 574. The Balaban J connectivity index is 2.76. The number of hydrogen-bond acceptors (Lipinski definition) is 4. The average Bonchev–Trinajstić information content (AvgIpc) is 2.54. The molecule has 0 saturated heterocycles. The second kappa shape index (κ2) is 5.24. The van der Waals surface area contributed by atoms with Crippen molar-refractivity contribution in [1.82, 2.24) is 4.72 Å². The number of rotatable bonds is 4. The molecule has 1 N–H and O–H groups in total. The van der Waals surface area contributed by atoms with Crippen LogP contribution in [0.5, 0.6) is 0 Å². The van der Waals surface area contributed by atoms with Gasteiger partial charge in [-0.25, -0.2) is 13.1 Å². The normalized spacial score (nSPS) is 12.5. The summed E-state index contributed by atoms with van der Waals surface area (Å²) in [6.07, 6.45) is -6.83. The zero-order valence-corrected chi connectivity index (χ0v) is 11.0. The summed E-state index contributed by atoms with van der Waals surface area (Å²) < 4.78 is 65.7. The first-order chi connectivity index (χ1) is 8.51. The van der Waals surface area contributed by atoms with Crippen LogP contribution in [0.2, 0.25) is 0 Å². The highest BCUT2D eigenvalue weighted by molar-refractivity contribution is 7.90. The molecule has 0 spiro atoms. The molecule has 108 valence electrons. The van der Waals surface area contributed by atoms with Gasteiger partial charge < -0.3 is 4.42 Å². The number of carbonyl (C=O) groups is 1. The maximum absolute atomic E-state index is 11.9. The molecule has 1 amide bonds. The molecule has 1 aromatic heterocycles. The lowest BCUT2D eigenvalue weighted by molar-refractivity contribution is -0.143. The number of sulfonamides is 1. The molecule has 9 heteroatoms. The quantitative estimate of drug-likeness (QED) is 0.923. The van der Waals surface area contributed by atoms with Crippen molar-refractivity contribution in [2.24, 2.45) is 0 Å². The Kier molecular flexibility index (Phi) is 4.28. The van der Waals surface area contributed by atoms with Gasteiger partial charge in [0.05, 0.1) is 6.42 Å². The van der Waals surface area contributed by atoms with Crippen LogP contribution in [0.4, 0.5) is 13.2 Å². The van der Waals surface area contributed by atoms with Gasteiger partial charge in [0.15, 0.2) is 0 Å². The zero-order chi connectivity index (χ0) is 14.8. The van der Waals surface area contributed by atoms with E-state index >= 15 is 0 Å². The fraction of sp³-hybridized carbons (Fsp3) is 0.500. The summed E-state index contributed by atoms with van der Waals surface area (Å²) in [5.74, 6) is -0.829. The van der Waals surface area contributed by atoms with Crippen LogP contribution in [-0.4, -0.2) is 20.5 Å². The molecule has 0 radical (unpaired) electrons. The van der Waals surface area contributed by atoms with Crippen LogP contribution in [0.3, 0.4) is 0 Å². The van der Waals surface area contributed by atoms with E-state index in [9.17, 15) is 26.4 Å². The third-order valence-corrected chi connectivity index (χ3v) is 3.65. The summed E-state index contributed by atoms with van der Waals surface area (Å²) >= 11 is 0. The summed E-state index contributed by atoms with van der Waals surface area (Å²) in [6.45, 7) is 2.89. The molecule has 0 aromatic carbocycles. The highest BCUT2D eigenvalue weighted by Crippen LogP contribution is 2.22. The van der Waals surface area contributed by atoms with E-state index in [1.807, 2.05) is 0 Å². The second-order valence-electron chi connectivity index (χ2n) is 3.92. The predicted octanol–water partition coefficient (Wildman–Crippen LogP) is 2.04. The fourth-order valence-electron chi connectivity index (χ4n) is 1.39. The van der Waals surface area contributed by atoms with Gasteiger partial charge >= 0.3 is 6.18 Å². The maximum Gasteiger partial charge on any atom is 0.389 e. The minimum Gasteiger partial charge on any atom is -0.465 e. The van der Waals surface area contributed by atoms with E-state index < -0.39 is 34.9 Å².